The number of rotatable bonds is 6. The van der Waals surface area contributed by atoms with E-state index < -0.39 is 0 Å². The number of amides is 1. The molecule has 1 fully saturated rings. The summed E-state index contributed by atoms with van der Waals surface area (Å²) >= 11 is 7.98. The fourth-order valence-electron chi connectivity index (χ4n) is 3.73. The van der Waals surface area contributed by atoms with Crippen molar-refractivity contribution in [3.8, 4) is 16.9 Å². The van der Waals surface area contributed by atoms with E-state index in [0.717, 1.165) is 47.6 Å². The van der Waals surface area contributed by atoms with Crippen molar-refractivity contribution in [2.75, 3.05) is 12.3 Å². The van der Waals surface area contributed by atoms with Gasteiger partial charge in [-0.15, -0.1) is 11.8 Å². The molecule has 29 heavy (non-hydrogen) atoms. The fourth-order valence-corrected chi connectivity index (χ4v) is 5.13. The van der Waals surface area contributed by atoms with Gasteiger partial charge in [-0.05, 0) is 30.7 Å². The molecule has 1 aliphatic rings. The molecule has 4 rings (SSSR count). The minimum atomic E-state index is 0.161. The Hall–Kier alpha value is -2.24. The minimum Gasteiger partial charge on any atom is -0.330 e. The van der Waals surface area contributed by atoms with Gasteiger partial charge >= 0.3 is 0 Å². The Bertz CT molecular complexity index is 972. The van der Waals surface area contributed by atoms with E-state index in [1.807, 2.05) is 70.0 Å². The first-order valence-corrected chi connectivity index (χ1v) is 11.4. The molecule has 1 unspecified atom stereocenters. The third kappa shape index (κ3) is 4.36. The van der Waals surface area contributed by atoms with Crippen molar-refractivity contribution in [1.82, 2.24) is 14.7 Å². The van der Waals surface area contributed by atoms with Gasteiger partial charge in [0.05, 0.1) is 23.0 Å². The molecule has 150 valence electrons. The summed E-state index contributed by atoms with van der Waals surface area (Å²) in [5.41, 5.74) is 4.29. The Morgan fingerprint density at radius 1 is 1.17 bits per heavy atom. The summed E-state index contributed by atoms with van der Waals surface area (Å²) < 4.78 is 1.98. The number of aromatic nitrogens is 2. The van der Waals surface area contributed by atoms with Gasteiger partial charge in [0.2, 0.25) is 5.91 Å². The molecule has 3 aromatic rings. The first-order chi connectivity index (χ1) is 14.2. The van der Waals surface area contributed by atoms with Crippen LogP contribution in [-0.4, -0.2) is 38.3 Å². The second-order valence-corrected chi connectivity index (χ2v) is 8.86. The molecule has 2 heterocycles. The van der Waals surface area contributed by atoms with Gasteiger partial charge < -0.3 is 4.90 Å². The monoisotopic (exact) mass is 425 g/mol. The molecule has 1 aromatic heterocycles. The highest BCUT2D eigenvalue weighted by Crippen LogP contribution is 2.33. The van der Waals surface area contributed by atoms with Crippen LogP contribution in [0.3, 0.4) is 0 Å². The molecule has 1 aliphatic heterocycles. The fraction of sp³-hybridized carbons (Fsp3) is 0.304. The van der Waals surface area contributed by atoms with Crippen LogP contribution in [0, 0.1) is 0 Å². The van der Waals surface area contributed by atoms with Crippen molar-refractivity contribution in [1.29, 1.82) is 0 Å². The Morgan fingerprint density at radius 2 is 1.93 bits per heavy atom. The van der Waals surface area contributed by atoms with E-state index in [1.54, 1.807) is 0 Å². The van der Waals surface area contributed by atoms with Crippen LogP contribution < -0.4 is 0 Å². The molecule has 6 heteroatoms. The third-order valence-corrected chi connectivity index (χ3v) is 6.61. The largest absolute Gasteiger partial charge is 0.330 e. The van der Waals surface area contributed by atoms with Gasteiger partial charge in [-0.2, -0.15) is 5.10 Å². The Kier molecular flexibility index (Phi) is 6.26. The number of hydrogen-bond acceptors (Lipinski definition) is 3. The lowest BCUT2D eigenvalue weighted by molar-refractivity contribution is -0.131. The average molecular weight is 426 g/mol. The van der Waals surface area contributed by atoms with E-state index in [2.05, 4.69) is 19.1 Å². The van der Waals surface area contributed by atoms with Gasteiger partial charge in [0.25, 0.3) is 0 Å². The summed E-state index contributed by atoms with van der Waals surface area (Å²) in [5, 5.41) is 5.58. The normalized spacial score (nSPS) is 16.3. The van der Waals surface area contributed by atoms with Crippen LogP contribution in [0.4, 0.5) is 0 Å². The number of nitrogens with zero attached hydrogens (tertiary/aromatic N) is 3. The van der Waals surface area contributed by atoms with E-state index in [9.17, 15) is 4.79 Å². The summed E-state index contributed by atoms with van der Waals surface area (Å²) in [7, 11) is 0. The van der Waals surface area contributed by atoms with E-state index in [1.165, 1.54) is 0 Å². The Labute approximate surface area is 180 Å². The highest BCUT2D eigenvalue weighted by atomic mass is 35.5. The molecule has 0 spiro atoms. The Balaban J connectivity index is 1.71. The average Bonchev–Trinajstić information content (AvgIpc) is 3.37. The summed E-state index contributed by atoms with van der Waals surface area (Å²) in [6.07, 6.45) is 4.22. The van der Waals surface area contributed by atoms with Gasteiger partial charge in [-0.1, -0.05) is 48.9 Å². The summed E-state index contributed by atoms with van der Waals surface area (Å²) in [5.74, 6) is 1.24. The van der Waals surface area contributed by atoms with Crippen molar-refractivity contribution < 1.29 is 4.79 Å². The van der Waals surface area contributed by atoms with Crippen LogP contribution >= 0.6 is 23.4 Å². The number of carbonyl (C=O) groups excluding carboxylic acids is 1. The molecule has 1 amide bonds. The number of carbonyl (C=O) groups is 1. The smallest absolute Gasteiger partial charge is 0.223 e. The lowest BCUT2D eigenvalue weighted by atomic mass is 10.0. The van der Waals surface area contributed by atoms with Gasteiger partial charge in [-0.25, -0.2) is 4.68 Å². The second-order valence-electron chi connectivity index (χ2n) is 7.14. The molecule has 2 aromatic carbocycles. The molecular weight excluding hydrogens is 402 g/mol. The molecule has 0 bridgehead atoms. The number of halogens is 1. The quantitative estimate of drug-likeness (QED) is 0.528. The zero-order valence-corrected chi connectivity index (χ0v) is 18.0. The van der Waals surface area contributed by atoms with E-state index in [4.69, 9.17) is 16.7 Å². The summed E-state index contributed by atoms with van der Waals surface area (Å²) in [6.45, 7) is 2.88. The predicted octanol–water partition coefficient (Wildman–Crippen LogP) is 5.44. The summed E-state index contributed by atoms with van der Waals surface area (Å²) in [4.78, 5) is 14.6. The van der Waals surface area contributed by atoms with Crippen LogP contribution in [0.25, 0.3) is 16.9 Å². The van der Waals surface area contributed by atoms with E-state index in [0.29, 0.717) is 11.4 Å². The molecule has 1 atom stereocenters. The van der Waals surface area contributed by atoms with Gasteiger partial charge in [0.1, 0.15) is 0 Å². The maximum atomic E-state index is 12.5. The number of hydrogen-bond donors (Lipinski definition) is 0. The zero-order chi connectivity index (χ0) is 20.2. The van der Waals surface area contributed by atoms with E-state index in [-0.39, 0.29) is 11.3 Å². The zero-order valence-electron chi connectivity index (χ0n) is 16.4. The van der Waals surface area contributed by atoms with Crippen LogP contribution in [0.2, 0.25) is 5.02 Å². The highest BCUT2D eigenvalue weighted by molar-refractivity contribution is 8.00. The maximum Gasteiger partial charge on any atom is 0.223 e. The van der Waals surface area contributed by atoms with Crippen LogP contribution in [0.15, 0.2) is 60.8 Å². The number of thioether (sulfide) groups is 1. The predicted molar refractivity (Wildman–Crippen MR) is 121 cm³/mol. The van der Waals surface area contributed by atoms with Gasteiger partial charge in [-0.3, -0.25) is 4.79 Å². The minimum absolute atomic E-state index is 0.161. The highest BCUT2D eigenvalue weighted by Gasteiger charge is 2.30. The molecule has 0 aliphatic carbocycles. The first-order valence-electron chi connectivity index (χ1n) is 9.96. The van der Waals surface area contributed by atoms with Gasteiger partial charge in [0.15, 0.2) is 0 Å². The summed E-state index contributed by atoms with van der Waals surface area (Å²) in [6, 6.07) is 18.0. The van der Waals surface area contributed by atoms with Crippen LogP contribution in [0.1, 0.15) is 25.3 Å². The number of benzene rings is 2. The topological polar surface area (TPSA) is 38.1 Å². The molecule has 4 nitrogen and oxygen atoms in total. The number of para-hydroxylation sites is 1. The first kappa shape index (κ1) is 20.0. The third-order valence-electron chi connectivity index (χ3n) is 5.13. The molecule has 0 N–H and O–H groups in total. The van der Waals surface area contributed by atoms with Crippen molar-refractivity contribution in [3.63, 3.8) is 0 Å². The maximum absolute atomic E-state index is 12.5. The van der Waals surface area contributed by atoms with Crippen molar-refractivity contribution in [2.45, 2.75) is 31.6 Å². The van der Waals surface area contributed by atoms with Crippen LogP contribution in [-0.2, 0) is 11.2 Å². The van der Waals surface area contributed by atoms with Crippen molar-refractivity contribution in [2.24, 2.45) is 0 Å². The second kappa shape index (κ2) is 9.06. The van der Waals surface area contributed by atoms with Gasteiger partial charge in [0, 0.05) is 41.3 Å². The molecule has 0 saturated carbocycles. The molecule has 0 radical (unpaired) electrons. The Morgan fingerprint density at radius 3 is 2.66 bits per heavy atom. The lowest BCUT2D eigenvalue weighted by Gasteiger charge is -2.24. The standard InChI is InChI=1S/C23H24ClN3OS/c1-2-6-21(28)26-13-14-29-22(26)15-18-16-25-27(20-7-4-3-5-8-20)23(18)17-9-11-19(24)12-10-17/h3-5,7-12,16,22H,2,6,13-15H2,1H3. The molecular formula is C23H24ClN3OS. The van der Waals surface area contributed by atoms with E-state index >= 15 is 0 Å². The lowest BCUT2D eigenvalue weighted by Crippen LogP contribution is -2.35. The molecule has 1 saturated heterocycles. The SMILES string of the molecule is CCCC(=O)N1CCSC1Cc1cnn(-c2ccccc2)c1-c1ccc(Cl)cc1. The van der Waals surface area contributed by atoms with Crippen molar-refractivity contribution in [3.05, 3.63) is 71.4 Å². The van der Waals surface area contributed by atoms with Crippen LogP contribution in [0.5, 0.6) is 0 Å². The van der Waals surface area contributed by atoms with Crippen molar-refractivity contribution >= 4 is 29.3 Å².